The third kappa shape index (κ3) is 5.53. The Morgan fingerprint density at radius 3 is 2.47 bits per heavy atom. The van der Waals surface area contributed by atoms with E-state index in [1.165, 1.54) is 16.7 Å². The number of carbonyl (C=O) groups is 3. The van der Waals surface area contributed by atoms with Crippen molar-refractivity contribution in [3.8, 4) is 0 Å². The minimum absolute atomic E-state index is 0.188. The van der Waals surface area contributed by atoms with Gasteiger partial charge in [-0.1, -0.05) is 49.4 Å². The van der Waals surface area contributed by atoms with Crippen molar-refractivity contribution >= 4 is 35.4 Å². The van der Waals surface area contributed by atoms with Gasteiger partial charge in [0, 0.05) is 22.9 Å². The lowest BCUT2D eigenvalue weighted by molar-refractivity contribution is -0.153. The number of amides is 3. The summed E-state index contributed by atoms with van der Waals surface area (Å²) in [7, 11) is 0. The van der Waals surface area contributed by atoms with Gasteiger partial charge in [0.2, 0.25) is 0 Å². The van der Waals surface area contributed by atoms with Crippen LogP contribution < -0.4 is 10.6 Å². The molecule has 3 amide bonds. The first-order valence-corrected chi connectivity index (χ1v) is 12.0. The molecule has 8 nitrogen and oxygen atoms in total. The number of rotatable bonds is 7. The van der Waals surface area contributed by atoms with Crippen molar-refractivity contribution in [1.82, 2.24) is 10.2 Å². The summed E-state index contributed by atoms with van der Waals surface area (Å²) in [5.41, 5.74) is 3.11. The number of hydrogen-bond donors (Lipinski definition) is 4. The number of aryl methyl sites for hydroxylation is 1. The van der Waals surface area contributed by atoms with Gasteiger partial charge in [-0.3, -0.25) is 4.79 Å². The number of thioether (sulfide) groups is 1. The van der Waals surface area contributed by atoms with Gasteiger partial charge in [-0.2, -0.15) is 0 Å². The molecule has 34 heavy (non-hydrogen) atoms. The minimum Gasteiger partial charge on any atom is -0.480 e. The van der Waals surface area contributed by atoms with Gasteiger partial charge in [-0.25, -0.2) is 9.59 Å². The first kappa shape index (κ1) is 25.6. The predicted molar refractivity (Wildman–Crippen MR) is 133 cm³/mol. The van der Waals surface area contributed by atoms with Gasteiger partial charge < -0.3 is 25.7 Å². The number of carboxylic acids is 1. The Labute approximate surface area is 203 Å². The van der Waals surface area contributed by atoms with Crippen LogP contribution in [0.5, 0.6) is 0 Å². The molecular weight excluding hydrogens is 454 g/mol. The molecule has 1 unspecified atom stereocenters. The molecule has 3 rings (SSSR count). The fourth-order valence-corrected chi connectivity index (χ4v) is 5.23. The molecular formula is C25H31N3O5S. The lowest BCUT2D eigenvalue weighted by Crippen LogP contribution is -2.52. The van der Waals surface area contributed by atoms with E-state index in [0.29, 0.717) is 17.8 Å². The van der Waals surface area contributed by atoms with Crippen LogP contribution in [0.2, 0.25) is 0 Å². The van der Waals surface area contributed by atoms with E-state index in [0.717, 1.165) is 11.1 Å². The molecule has 0 aromatic heterocycles. The van der Waals surface area contributed by atoms with Crippen LogP contribution >= 0.6 is 11.8 Å². The molecule has 1 heterocycles. The first-order valence-electron chi connectivity index (χ1n) is 11.1. The number of nitrogens with zero attached hydrogens (tertiary/aromatic N) is 1. The summed E-state index contributed by atoms with van der Waals surface area (Å²) < 4.78 is -0.668. The molecule has 2 aromatic rings. The van der Waals surface area contributed by atoms with E-state index in [2.05, 4.69) is 10.6 Å². The molecule has 0 aliphatic carbocycles. The van der Waals surface area contributed by atoms with Gasteiger partial charge in [0.15, 0.2) is 0 Å². The highest BCUT2D eigenvalue weighted by molar-refractivity contribution is 8.00. The summed E-state index contributed by atoms with van der Waals surface area (Å²) in [6, 6.07) is 13.3. The molecule has 182 valence electrons. The number of aliphatic hydroxyl groups is 1. The van der Waals surface area contributed by atoms with Crippen molar-refractivity contribution in [3.05, 3.63) is 65.2 Å². The Kier molecular flexibility index (Phi) is 7.89. The van der Waals surface area contributed by atoms with Crippen LogP contribution in [-0.4, -0.2) is 55.8 Å². The van der Waals surface area contributed by atoms with E-state index in [1.807, 2.05) is 31.2 Å². The van der Waals surface area contributed by atoms with Crippen molar-refractivity contribution < 1.29 is 24.6 Å². The molecule has 1 fully saturated rings. The maximum absolute atomic E-state index is 13.1. The molecule has 0 saturated carbocycles. The Hall–Kier alpha value is -3.04. The topological polar surface area (TPSA) is 119 Å². The summed E-state index contributed by atoms with van der Waals surface area (Å²) in [5.74, 6) is -2.23. The second-order valence-corrected chi connectivity index (χ2v) is 10.6. The number of para-hydroxylation sites is 1. The van der Waals surface area contributed by atoms with Crippen LogP contribution in [0.1, 0.15) is 43.4 Å². The predicted octanol–water partition coefficient (Wildman–Crippen LogP) is 3.55. The van der Waals surface area contributed by atoms with Crippen molar-refractivity contribution in [2.24, 2.45) is 0 Å². The Bertz CT molecular complexity index is 1070. The summed E-state index contributed by atoms with van der Waals surface area (Å²) in [6.45, 7) is 7.55. The Morgan fingerprint density at radius 1 is 1.15 bits per heavy atom. The van der Waals surface area contributed by atoms with Crippen LogP contribution in [0, 0.1) is 6.92 Å². The highest BCUT2D eigenvalue weighted by atomic mass is 32.2. The normalized spacial score (nSPS) is 18.7. The van der Waals surface area contributed by atoms with E-state index >= 15 is 0 Å². The van der Waals surface area contributed by atoms with Crippen LogP contribution in [0.25, 0.3) is 0 Å². The summed E-state index contributed by atoms with van der Waals surface area (Å²) in [5, 5.41) is 26.2. The monoisotopic (exact) mass is 485 g/mol. The maximum Gasteiger partial charge on any atom is 0.327 e. The second-order valence-electron chi connectivity index (χ2n) is 8.98. The molecule has 1 aliphatic heterocycles. The Balaban J connectivity index is 1.71. The van der Waals surface area contributed by atoms with E-state index in [1.54, 1.807) is 45.0 Å². The van der Waals surface area contributed by atoms with E-state index in [4.69, 9.17) is 0 Å². The number of aliphatic hydroxyl groups excluding tert-OH is 1. The van der Waals surface area contributed by atoms with Gasteiger partial charge in [0.25, 0.3) is 5.91 Å². The SMILES string of the molecule is Cc1ccccc1CNC(=O)Nc1ccccc1[C@H](C)[C@H](O)C(=O)N1CSC(C)(C)C1C(=O)O. The van der Waals surface area contributed by atoms with E-state index < -0.39 is 40.7 Å². The number of carbonyl (C=O) groups excluding carboxylic acids is 2. The summed E-state index contributed by atoms with van der Waals surface area (Å²) in [6.07, 6.45) is -1.46. The zero-order valence-corrected chi connectivity index (χ0v) is 20.6. The molecule has 4 N–H and O–H groups in total. The molecule has 9 heteroatoms. The van der Waals surface area contributed by atoms with Crippen LogP contribution in [0.3, 0.4) is 0 Å². The number of benzene rings is 2. The smallest absolute Gasteiger partial charge is 0.327 e. The number of urea groups is 1. The zero-order valence-electron chi connectivity index (χ0n) is 19.7. The fourth-order valence-electron chi connectivity index (χ4n) is 4.10. The lowest BCUT2D eigenvalue weighted by Gasteiger charge is -2.31. The average molecular weight is 486 g/mol. The van der Waals surface area contributed by atoms with Crippen LogP contribution in [-0.2, 0) is 16.1 Å². The largest absolute Gasteiger partial charge is 0.480 e. The molecule has 0 spiro atoms. The molecule has 0 bridgehead atoms. The van der Waals surface area contributed by atoms with Gasteiger partial charge in [-0.15, -0.1) is 11.8 Å². The van der Waals surface area contributed by atoms with Crippen molar-refractivity contribution in [2.45, 2.75) is 57.1 Å². The summed E-state index contributed by atoms with van der Waals surface area (Å²) >= 11 is 1.36. The third-order valence-corrected chi connectivity index (χ3v) is 7.56. The highest BCUT2D eigenvalue weighted by Gasteiger charge is 2.49. The van der Waals surface area contributed by atoms with Gasteiger partial charge in [0.05, 0.1) is 5.88 Å². The van der Waals surface area contributed by atoms with Crippen molar-refractivity contribution in [2.75, 3.05) is 11.2 Å². The first-order chi connectivity index (χ1) is 16.0. The molecule has 3 atom stereocenters. The molecule has 2 aromatic carbocycles. The van der Waals surface area contributed by atoms with Crippen molar-refractivity contribution in [1.29, 1.82) is 0 Å². The quantitative estimate of drug-likeness (QED) is 0.476. The number of nitrogens with one attached hydrogen (secondary N) is 2. The van der Waals surface area contributed by atoms with Gasteiger partial charge in [-0.05, 0) is 43.5 Å². The minimum atomic E-state index is -1.46. The molecule has 1 aliphatic rings. The van der Waals surface area contributed by atoms with E-state index in [-0.39, 0.29) is 5.88 Å². The fraction of sp³-hybridized carbons (Fsp3) is 0.400. The van der Waals surface area contributed by atoms with Gasteiger partial charge >= 0.3 is 12.0 Å². The lowest BCUT2D eigenvalue weighted by atomic mass is 9.92. The number of hydrogen-bond acceptors (Lipinski definition) is 5. The number of carboxylic acid groups (broad SMARTS) is 1. The maximum atomic E-state index is 13.1. The molecule has 1 saturated heterocycles. The average Bonchev–Trinajstić information content (AvgIpc) is 3.12. The molecule has 0 radical (unpaired) electrons. The van der Waals surface area contributed by atoms with Gasteiger partial charge in [0.1, 0.15) is 12.1 Å². The third-order valence-electron chi connectivity index (χ3n) is 6.19. The standard InChI is InChI=1S/C25H31N3O5S/c1-15-9-5-6-10-17(15)13-26-24(33)27-19-12-8-7-11-18(19)16(2)20(29)22(30)28-14-34-25(3,4)21(28)23(31)32/h5-12,16,20-21,29H,13-14H2,1-4H3,(H,31,32)(H2,26,27,33)/t16-,20-,21?/m0/s1. The van der Waals surface area contributed by atoms with Crippen LogP contribution in [0.4, 0.5) is 10.5 Å². The number of anilines is 1. The second kappa shape index (κ2) is 10.5. The number of aliphatic carboxylic acids is 1. The highest BCUT2D eigenvalue weighted by Crippen LogP contribution is 2.40. The summed E-state index contributed by atoms with van der Waals surface area (Å²) in [4.78, 5) is 38.7. The Morgan fingerprint density at radius 2 is 1.79 bits per heavy atom. The zero-order chi connectivity index (χ0) is 25.0. The van der Waals surface area contributed by atoms with E-state index in [9.17, 15) is 24.6 Å². The van der Waals surface area contributed by atoms with Crippen molar-refractivity contribution in [3.63, 3.8) is 0 Å². The van der Waals surface area contributed by atoms with Crippen LogP contribution in [0.15, 0.2) is 48.5 Å².